The smallest absolute Gasteiger partial charge is 1.00 e. The molecule has 0 unspecified atom stereocenters. The molecule has 2 rings (SSSR count). The Kier molecular flexibility index (Phi) is 13.9. The molecule has 0 N–H and O–H groups in total. The van der Waals surface area contributed by atoms with Crippen LogP contribution in [0.25, 0.3) is 0 Å². The van der Waals surface area contributed by atoms with Gasteiger partial charge in [0.25, 0.3) is 0 Å². The van der Waals surface area contributed by atoms with Gasteiger partial charge in [-0.25, -0.2) is 24.3 Å². The van der Waals surface area contributed by atoms with E-state index in [1.165, 1.54) is 0 Å². The van der Waals surface area contributed by atoms with E-state index in [1.807, 2.05) is 24.3 Å². The normalized spacial score (nSPS) is 14.7. The predicted octanol–water partition coefficient (Wildman–Crippen LogP) is -0.275. The number of rotatable bonds is 0. The first-order chi connectivity index (χ1) is 5.00. The van der Waals surface area contributed by atoms with Crippen molar-refractivity contribution in [3.63, 3.8) is 0 Å². The summed E-state index contributed by atoms with van der Waals surface area (Å²) in [6, 6.07) is 0. The van der Waals surface area contributed by atoms with Crippen molar-refractivity contribution in [3.05, 3.63) is 48.6 Å². The Hall–Kier alpha value is 0.272. The van der Waals surface area contributed by atoms with Gasteiger partial charge in [0.2, 0.25) is 0 Å². The van der Waals surface area contributed by atoms with E-state index >= 15 is 0 Å². The van der Waals surface area contributed by atoms with E-state index in [4.69, 9.17) is 0 Å². The van der Waals surface area contributed by atoms with E-state index in [2.05, 4.69) is 24.3 Å². The maximum atomic E-state index is 2.99. The molecule has 2 aliphatic rings. The van der Waals surface area contributed by atoms with Crippen LogP contribution in [0.3, 0.4) is 0 Å². The van der Waals surface area contributed by atoms with Crippen LogP contribution in [0, 0.1) is 12.2 Å². The average Bonchev–Trinajstić information content (AvgIpc) is 2.67. The Morgan fingerprint density at radius 3 is 1.42 bits per heavy atom. The zero-order chi connectivity index (χ0) is 7.07. The maximum absolute atomic E-state index is 2.99. The van der Waals surface area contributed by atoms with Gasteiger partial charge in [-0.3, -0.25) is 12.2 Å². The van der Waals surface area contributed by atoms with Gasteiger partial charge in [0, 0.05) is 0 Å². The minimum atomic E-state index is 0. The first-order valence-electron chi connectivity index (χ1n) is 3.43. The Balaban J connectivity index is -0.000000125. The molecule has 0 aromatic carbocycles. The minimum Gasteiger partial charge on any atom is -1.00 e. The minimum absolute atomic E-state index is 0. The number of hydrogen-bond acceptors (Lipinski definition) is 0. The fourth-order valence-electron chi connectivity index (χ4n) is 0.680. The van der Waals surface area contributed by atoms with Crippen molar-refractivity contribution < 1.29 is 42.0 Å². The van der Waals surface area contributed by atoms with Crippen molar-refractivity contribution in [2.45, 2.75) is 12.8 Å². The summed E-state index contributed by atoms with van der Waals surface area (Å²) < 4.78 is 0. The Morgan fingerprint density at radius 1 is 0.917 bits per heavy atom. The third kappa shape index (κ3) is 8.37. The first-order valence-corrected chi connectivity index (χ1v) is 3.43. The summed E-state index contributed by atoms with van der Waals surface area (Å²) in [5, 5.41) is 0. The van der Waals surface area contributed by atoms with E-state index in [-0.39, 0.29) is 42.0 Å². The van der Waals surface area contributed by atoms with Crippen LogP contribution in [0.15, 0.2) is 36.5 Å². The summed E-state index contributed by atoms with van der Waals surface area (Å²) in [6.45, 7) is 0. The second-order valence-electron chi connectivity index (χ2n) is 2.01. The third-order valence-corrected chi connectivity index (χ3v) is 1.17. The molecule has 0 aromatic heterocycles. The SMILES string of the molecule is [C-]1=CC=CC1.[C-]1=CC=CC1.[H-].[Li+].[Ti+2]. The van der Waals surface area contributed by atoms with Crippen molar-refractivity contribution >= 4 is 0 Å². The van der Waals surface area contributed by atoms with Crippen LogP contribution < -0.4 is 18.9 Å². The predicted molar refractivity (Wildman–Crippen MR) is 44.3 cm³/mol. The van der Waals surface area contributed by atoms with Gasteiger partial charge in [0.05, 0.1) is 0 Å². The van der Waals surface area contributed by atoms with E-state index < -0.39 is 0 Å². The summed E-state index contributed by atoms with van der Waals surface area (Å²) in [6.07, 6.45) is 20.0. The van der Waals surface area contributed by atoms with Crippen LogP contribution in [-0.4, -0.2) is 0 Å². The standard InChI is InChI=1S/2C5H5.Li.Ti.H/c2*1-2-4-5-3-1;;;/h2*1-3H,4H2;;;/q2*-1;+1;+2;-1. The molecule has 0 radical (unpaired) electrons. The monoisotopic (exact) mass is 186 g/mol. The second kappa shape index (κ2) is 11.3. The van der Waals surface area contributed by atoms with Gasteiger partial charge in [0.15, 0.2) is 0 Å². The van der Waals surface area contributed by atoms with Gasteiger partial charge >= 0.3 is 40.6 Å². The third-order valence-electron chi connectivity index (χ3n) is 1.17. The van der Waals surface area contributed by atoms with Crippen molar-refractivity contribution in [2.24, 2.45) is 0 Å². The van der Waals surface area contributed by atoms with E-state index in [9.17, 15) is 0 Å². The van der Waals surface area contributed by atoms with Crippen molar-refractivity contribution in [1.29, 1.82) is 0 Å². The quantitative estimate of drug-likeness (QED) is 0.360. The first kappa shape index (κ1) is 14.8. The summed E-state index contributed by atoms with van der Waals surface area (Å²) in [5.74, 6) is 0. The van der Waals surface area contributed by atoms with Gasteiger partial charge in [-0.15, -0.1) is 12.8 Å². The molecule has 56 valence electrons. The molecule has 0 atom stereocenters. The van der Waals surface area contributed by atoms with E-state index in [0.29, 0.717) is 0 Å². The average molecular weight is 186 g/mol. The summed E-state index contributed by atoms with van der Waals surface area (Å²) in [4.78, 5) is 0. The molecule has 2 heteroatoms. The van der Waals surface area contributed by atoms with Crippen molar-refractivity contribution in [2.75, 3.05) is 0 Å². The zero-order valence-corrected chi connectivity index (χ0v) is 8.94. The van der Waals surface area contributed by atoms with Gasteiger partial charge in [-0.05, 0) is 0 Å². The Bertz CT molecular complexity index is 153. The molecule has 0 bridgehead atoms. The Labute approximate surface area is 103 Å². The Morgan fingerprint density at radius 2 is 1.33 bits per heavy atom. The summed E-state index contributed by atoms with van der Waals surface area (Å²) in [5.41, 5.74) is 0. The molecule has 2 aliphatic carbocycles. The zero-order valence-electron chi connectivity index (χ0n) is 8.38. The fraction of sp³-hybridized carbons (Fsp3) is 0.200. The van der Waals surface area contributed by atoms with Crippen LogP contribution >= 0.6 is 0 Å². The molecule has 12 heavy (non-hydrogen) atoms. The molecule has 0 fully saturated rings. The van der Waals surface area contributed by atoms with Crippen LogP contribution in [0.2, 0.25) is 0 Å². The molecular weight excluding hydrogens is 175 g/mol. The molecule has 0 saturated carbocycles. The molecule has 0 aliphatic heterocycles. The molecular formula is C10H11LiTi. The van der Waals surface area contributed by atoms with Crippen molar-refractivity contribution in [1.82, 2.24) is 0 Å². The molecule has 0 aromatic rings. The van der Waals surface area contributed by atoms with Crippen molar-refractivity contribution in [3.8, 4) is 0 Å². The molecule has 0 saturated heterocycles. The van der Waals surface area contributed by atoms with Gasteiger partial charge in [-0.1, -0.05) is 0 Å². The summed E-state index contributed by atoms with van der Waals surface area (Å²) in [7, 11) is 0. The van der Waals surface area contributed by atoms with Crippen LogP contribution in [0.1, 0.15) is 14.3 Å². The van der Waals surface area contributed by atoms with E-state index in [0.717, 1.165) is 12.8 Å². The number of allylic oxidation sites excluding steroid dienone is 8. The molecule has 0 amide bonds. The second-order valence-corrected chi connectivity index (χ2v) is 2.01. The topological polar surface area (TPSA) is 0 Å². The largest absolute Gasteiger partial charge is 2.00 e. The molecule has 0 nitrogen and oxygen atoms in total. The number of hydrogen-bond donors (Lipinski definition) is 0. The molecule has 0 heterocycles. The summed E-state index contributed by atoms with van der Waals surface area (Å²) >= 11 is 0. The fourth-order valence-corrected chi connectivity index (χ4v) is 0.680. The maximum Gasteiger partial charge on any atom is 2.00 e. The molecule has 0 spiro atoms. The van der Waals surface area contributed by atoms with E-state index in [1.54, 1.807) is 0 Å². The van der Waals surface area contributed by atoms with Gasteiger partial charge < -0.3 is 1.43 Å². The van der Waals surface area contributed by atoms with Gasteiger partial charge in [0.1, 0.15) is 0 Å². The van der Waals surface area contributed by atoms with Crippen LogP contribution in [0.5, 0.6) is 0 Å². The van der Waals surface area contributed by atoms with Crippen LogP contribution in [0.4, 0.5) is 0 Å². The van der Waals surface area contributed by atoms with Crippen LogP contribution in [-0.2, 0) is 21.7 Å². The van der Waals surface area contributed by atoms with Gasteiger partial charge in [-0.2, -0.15) is 12.2 Å².